The minimum absolute atomic E-state index is 0.0347. The second-order valence-electron chi connectivity index (χ2n) is 5.50. The summed E-state index contributed by atoms with van der Waals surface area (Å²) in [5.74, 6) is 1.24. The zero-order valence-corrected chi connectivity index (χ0v) is 13.8. The van der Waals surface area contributed by atoms with Gasteiger partial charge in [0.2, 0.25) is 5.91 Å². The van der Waals surface area contributed by atoms with E-state index < -0.39 is 0 Å². The summed E-state index contributed by atoms with van der Waals surface area (Å²) in [6, 6.07) is 13.5. The maximum absolute atomic E-state index is 12.2. The van der Waals surface area contributed by atoms with Crippen molar-refractivity contribution < 1.29 is 14.3 Å². The first kappa shape index (κ1) is 15.9. The van der Waals surface area contributed by atoms with Gasteiger partial charge in [-0.3, -0.25) is 4.79 Å². The molecule has 0 atom stereocenters. The van der Waals surface area contributed by atoms with Crippen LogP contribution in [0.4, 0.5) is 0 Å². The van der Waals surface area contributed by atoms with Crippen LogP contribution >= 0.6 is 0 Å². The van der Waals surface area contributed by atoms with Crippen molar-refractivity contribution in [3.63, 3.8) is 0 Å². The third kappa shape index (κ3) is 3.35. The van der Waals surface area contributed by atoms with Gasteiger partial charge in [-0.05, 0) is 29.3 Å². The molecule has 1 aromatic heterocycles. The van der Waals surface area contributed by atoms with E-state index in [2.05, 4.69) is 10.3 Å². The number of carbonyl (C=O) groups is 1. The number of aromatic amines is 1. The number of ether oxygens (including phenoxy) is 2. The smallest absolute Gasteiger partial charge is 0.224 e. The molecule has 3 aromatic rings. The Morgan fingerprint density at radius 2 is 1.88 bits per heavy atom. The fourth-order valence-corrected chi connectivity index (χ4v) is 2.71. The molecule has 3 rings (SSSR count). The Bertz CT molecular complexity index is 855. The SMILES string of the molecule is COc1ccc(CC(=O)NCc2c[nH]c3ccccc23)cc1OC. The van der Waals surface area contributed by atoms with E-state index in [0.717, 1.165) is 22.0 Å². The lowest BCUT2D eigenvalue weighted by atomic mass is 10.1. The van der Waals surface area contributed by atoms with Gasteiger partial charge < -0.3 is 19.8 Å². The van der Waals surface area contributed by atoms with Crippen LogP contribution in [0.25, 0.3) is 10.9 Å². The van der Waals surface area contributed by atoms with E-state index in [9.17, 15) is 4.79 Å². The molecule has 0 aliphatic heterocycles. The van der Waals surface area contributed by atoms with E-state index in [1.165, 1.54) is 0 Å². The Labute approximate surface area is 140 Å². The molecular weight excluding hydrogens is 304 g/mol. The van der Waals surface area contributed by atoms with Gasteiger partial charge in [-0.1, -0.05) is 24.3 Å². The topological polar surface area (TPSA) is 63.3 Å². The Morgan fingerprint density at radius 3 is 2.67 bits per heavy atom. The fourth-order valence-electron chi connectivity index (χ4n) is 2.71. The first-order valence-electron chi connectivity index (χ1n) is 7.74. The zero-order chi connectivity index (χ0) is 16.9. The number of methoxy groups -OCH3 is 2. The largest absolute Gasteiger partial charge is 0.493 e. The number of fused-ring (bicyclic) bond motifs is 1. The van der Waals surface area contributed by atoms with Gasteiger partial charge in [0.25, 0.3) is 0 Å². The Kier molecular flexibility index (Phi) is 4.70. The molecule has 0 saturated carbocycles. The van der Waals surface area contributed by atoms with Gasteiger partial charge in [0.15, 0.2) is 11.5 Å². The number of hydrogen-bond donors (Lipinski definition) is 2. The van der Waals surface area contributed by atoms with E-state index in [0.29, 0.717) is 24.5 Å². The summed E-state index contributed by atoms with van der Waals surface area (Å²) < 4.78 is 10.5. The fraction of sp³-hybridized carbons (Fsp3) is 0.211. The lowest BCUT2D eigenvalue weighted by Crippen LogP contribution is -2.24. The van der Waals surface area contributed by atoms with E-state index in [-0.39, 0.29) is 5.91 Å². The van der Waals surface area contributed by atoms with Crippen molar-refractivity contribution in [2.75, 3.05) is 14.2 Å². The van der Waals surface area contributed by atoms with Crippen LogP contribution in [-0.2, 0) is 17.8 Å². The third-order valence-corrected chi connectivity index (χ3v) is 3.96. The normalized spacial score (nSPS) is 10.6. The van der Waals surface area contributed by atoms with Crippen molar-refractivity contribution >= 4 is 16.8 Å². The predicted octanol–water partition coefficient (Wildman–Crippen LogP) is 3.04. The van der Waals surface area contributed by atoms with Gasteiger partial charge in [0.1, 0.15) is 0 Å². The molecule has 0 bridgehead atoms. The molecule has 0 aliphatic rings. The highest BCUT2D eigenvalue weighted by atomic mass is 16.5. The van der Waals surface area contributed by atoms with Crippen LogP contribution in [0.1, 0.15) is 11.1 Å². The number of rotatable bonds is 6. The molecule has 0 unspecified atom stereocenters. The van der Waals surface area contributed by atoms with Crippen molar-refractivity contribution in [1.82, 2.24) is 10.3 Å². The van der Waals surface area contributed by atoms with Gasteiger partial charge in [-0.2, -0.15) is 0 Å². The number of carbonyl (C=O) groups excluding carboxylic acids is 1. The Hall–Kier alpha value is -2.95. The lowest BCUT2D eigenvalue weighted by Gasteiger charge is -2.10. The van der Waals surface area contributed by atoms with Crippen LogP contribution in [0, 0.1) is 0 Å². The lowest BCUT2D eigenvalue weighted by molar-refractivity contribution is -0.120. The average molecular weight is 324 g/mol. The molecule has 5 heteroatoms. The van der Waals surface area contributed by atoms with Crippen molar-refractivity contribution in [1.29, 1.82) is 0 Å². The minimum Gasteiger partial charge on any atom is -0.493 e. The number of benzene rings is 2. The first-order chi connectivity index (χ1) is 11.7. The number of aromatic nitrogens is 1. The molecule has 0 aliphatic carbocycles. The van der Waals surface area contributed by atoms with Crippen LogP contribution in [0.15, 0.2) is 48.7 Å². The van der Waals surface area contributed by atoms with Crippen LogP contribution < -0.4 is 14.8 Å². The van der Waals surface area contributed by atoms with Gasteiger partial charge in [-0.25, -0.2) is 0 Å². The highest BCUT2D eigenvalue weighted by molar-refractivity contribution is 5.84. The van der Waals surface area contributed by atoms with Crippen LogP contribution in [-0.4, -0.2) is 25.1 Å². The van der Waals surface area contributed by atoms with Crippen molar-refractivity contribution in [3.05, 3.63) is 59.8 Å². The molecule has 2 N–H and O–H groups in total. The van der Waals surface area contributed by atoms with E-state index >= 15 is 0 Å². The number of amides is 1. The molecule has 24 heavy (non-hydrogen) atoms. The van der Waals surface area contributed by atoms with Crippen LogP contribution in [0.5, 0.6) is 11.5 Å². The predicted molar refractivity (Wildman–Crippen MR) is 93.4 cm³/mol. The summed E-state index contributed by atoms with van der Waals surface area (Å²) in [6.07, 6.45) is 2.23. The molecule has 1 heterocycles. The molecule has 0 spiro atoms. The highest BCUT2D eigenvalue weighted by Crippen LogP contribution is 2.27. The summed E-state index contributed by atoms with van der Waals surface area (Å²) in [5, 5.41) is 4.09. The molecule has 0 fully saturated rings. The number of nitrogens with one attached hydrogen (secondary N) is 2. The summed E-state index contributed by atoms with van der Waals surface area (Å²) in [4.78, 5) is 15.4. The maximum atomic E-state index is 12.2. The maximum Gasteiger partial charge on any atom is 0.224 e. The molecule has 0 radical (unpaired) electrons. The first-order valence-corrected chi connectivity index (χ1v) is 7.74. The standard InChI is InChI=1S/C19H20N2O3/c1-23-17-8-7-13(9-18(17)24-2)10-19(22)21-12-14-11-20-16-6-4-3-5-15(14)16/h3-9,11,20H,10,12H2,1-2H3,(H,21,22). The Morgan fingerprint density at radius 1 is 1.08 bits per heavy atom. The van der Waals surface area contributed by atoms with E-state index in [1.807, 2.05) is 42.6 Å². The summed E-state index contributed by atoms with van der Waals surface area (Å²) in [5.41, 5.74) is 3.02. The molecule has 124 valence electrons. The van der Waals surface area contributed by atoms with Gasteiger partial charge in [-0.15, -0.1) is 0 Å². The quantitative estimate of drug-likeness (QED) is 0.732. The second-order valence-corrected chi connectivity index (χ2v) is 5.50. The molecule has 5 nitrogen and oxygen atoms in total. The highest BCUT2D eigenvalue weighted by Gasteiger charge is 2.09. The van der Waals surface area contributed by atoms with Crippen molar-refractivity contribution in [2.24, 2.45) is 0 Å². The molecule has 0 saturated heterocycles. The van der Waals surface area contributed by atoms with Crippen LogP contribution in [0.3, 0.4) is 0 Å². The number of para-hydroxylation sites is 1. The molecular formula is C19H20N2O3. The van der Waals surface area contributed by atoms with Crippen molar-refractivity contribution in [3.8, 4) is 11.5 Å². The van der Waals surface area contributed by atoms with Crippen molar-refractivity contribution in [2.45, 2.75) is 13.0 Å². The zero-order valence-electron chi connectivity index (χ0n) is 13.8. The van der Waals surface area contributed by atoms with Gasteiger partial charge in [0, 0.05) is 23.6 Å². The van der Waals surface area contributed by atoms with Crippen LogP contribution in [0.2, 0.25) is 0 Å². The van der Waals surface area contributed by atoms with E-state index in [1.54, 1.807) is 20.3 Å². The average Bonchev–Trinajstić information content (AvgIpc) is 3.03. The second kappa shape index (κ2) is 7.08. The molecule has 2 aromatic carbocycles. The van der Waals surface area contributed by atoms with E-state index in [4.69, 9.17) is 9.47 Å². The number of H-pyrrole nitrogens is 1. The number of hydrogen-bond acceptors (Lipinski definition) is 3. The summed E-state index contributed by atoms with van der Waals surface area (Å²) in [6.45, 7) is 0.496. The molecule has 1 amide bonds. The summed E-state index contributed by atoms with van der Waals surface area (Å²) >= 11 is 0. The third-order valence-electron chi connectivity index (χ3n) is 3.96. The minimum atomic E-state index is -0.0347. The summed E-state index contributed by atoms with van der Waals surface area (Å²) in [7, 11) is 3.17. The monoisotopic (exact) mass is 324 g/mol. The van der Waals surface area contributed by atoms with Gasteiger partial charge >= 0.3 is 0 Å². The van der Waals surface area contributed by atoms with Gasteiger partial charge in [0.05, 0.1) is 20.6 Å². The Balaban J connectivity index is 1.63.